The van der Waals surface area contributed by atoms with Crippen LogP contribution < -0.4 is 14.8 Å². The van der Waals surface area contributed by atoms with Gasteiger partial charge in [-0.3, -0.25) is 9.59 Å². The Balaban J connectivity index is 2.18. The number of piperazine rings is 1. The molecule has 0 unspecified atom stereocenters. The predicted molar refractivity (Wildman–Crippen MR) is 68.0 cm³/mol. The van der Waals surface area contributed by atoms with E-state index in [0.29, 0.717) is 31.1 Å². The number of amides is 2. The van der Waals surface area contributed by atoms with E-state index < -0.39 is 11.8 Å². The second-order valence-corrected chi connectivity index (χ2v) is 4.16. The van der Waals surface area contributed by atoms with Crippen LogP contribution in [0.15, 0.2) is 18.2 Å². The van der Waals surface area contributed by atoms with Crippen LogP contribution in [0.3, 0.4) is 0 Å². The van der Waals surface area contributed by atoms with Crippen LogP contribution in [0, 0.1) is 0 Å². The molecule has 0 bridgehead atoms. The summed E-state index contributed by atoms with van der Waals surface area (Å²) in [4.78, 5) is 24.5. The Kier molecular flexibility index (Phi) is 3.89. The first-order valence-corrected chi connectivity index (χ1v) is 5.93. The Morgan fingerprint density at radius 1 is 1.26 bits per heavy atom. The molecule has 19 heavy (non-hydrogen) atoms. The van der Waals surface area contributed by atoms with E-state index in [1.165, 1.54) is 4.90 Å². The average molecular weight is 264 g/mol. The van der Waals surface area contributed by atoms with Crippen LogP contribution in [0.4, 0.5) is 0 Å². The molecule has 1 aliphatic heterocycles. The van der Waals surface area contributed by atoms with E-state index in [4.69, 9.17) is 9.47 Å². The lowest BCUT2D eigenvalue weighted by Gasteiger charge is -2.27. The number of carbonyl (C=O) groups is 2. The highest BCUT2D eigenvalue weighted by molar-refractivity contribution is 6.35. The smallest absolute Gasteiger partial charge is 0.312 e. The third kappa shape index (κ3) is 2.78. The largest absolute Gasteiger partial charge is 0.497 e. The molecule has 0 saturated carbocycles. The summed E-state index contributed by atoms with van der Waals surface area (Å²) in [6, 6.07) is 5.38. The standard InChI is InChI=1S/C13H16N2O4/c1-18-10-4-3-9(11(7-10)19-2)8-15-6-5-14-12(16)13(15)17/h3-4,7H,5-6,8H2,1-2H3,(H,14,16). The quantitative estimate of drug-likeness (QED) is 0.787. The summed E-state index contributed by atoms with van der Waals surface area (Å²) in [5, 5.41) is 2.51. The van der Waals surface area contributed by atoms with Crippen molar-refractivity contribution in [1.29, 1.82) is 0 Å². The molecule has 0 radical (unpaired) electrons. The summed E-state index contributed by atoms with van der Waals surface area (Å²) in [5.41, 5.74) is 0.839. The molecular weight excluding hydrogens is 248 g/mol. The van der Waals surface area contributed by atoms with Crippen molar-refractivity contribution in [2.24, 2.45) is 0 Å². The van der Waals surface area contributed by atoms with Gasteiger partial charge in [0.1, 0.15) is 11.5 Å². The number of nitrogens with one attached hydrogen (secondary N) is 1. The van der Waals surface area contributed by atoms with Gasteiger partial charge in [-0.2, -0.15) is 0 Å². The highest BCUT2D eigenvalue weighted by Gasteiger charge is 2.26. The maximum atomic E-state index is 11.7. The van der Waals surface area contributed by atoms with Crippen molar-refractivity contribution >= 4 is 11.8 Å². The minimum Gasteiger partial charge on any atom is -0.497 e. The highest BCUT2D eigenvalue weighted by atomic mass is 16.5. The molecule has 1 aliphatic rings. The molecule has 1 aromatic carbocycles. The second kappa shape index (κ2) is 5.60. The molecule has 6 nitrogen and oxygen atoms in total. The van der Waals surface area contributed by atoms with Gasteiger partial charge in [-0.25, -0.2) is 0 Å². The van der Waals surface area contributed by atoms with Gasteiger partial charge in [0.05, 0.1) is 14.2 Å². The number of nitrogens with zero attached hydrogens (tertiary/aromatic N) is 1. The zero-order valence-corrected chi connectivity index (χ0v) is 10.9. The zero-order chi connectivity index (χ0) is 13.8. The van der Waals surface area contributed by atoms with Crippen LogP contribution in [-0.4, -0.2) is 44.0 Å². The molecule has 2 amide bonds. The molecule has 1 saturated heterocycles. The number of methoxy groups -OCH3 is 2. The van der Waals surface area contributed by atoms with Gasteiger partial charge in [0.25, 0.3) is 0 Å². The summed E-state index contributed by atoms with van der Waals surface area (Å²) in [6.45, 7) is 1.32. The Hall–Kier alpha value is -2.24. The Labute approximate surface area is 111 Å². The lowest BCUT2D eigenvalue weighted by atomic mass is 10.1. The maximum Gasteiger partial charge on any atom is 0.312 e. The molecule has 0 atom stereocenters. The maximum absolute atomic E-state index is 11.7. The minimum atomic E-state index is -0.557. The topological polar surface area (TPSA) is 67.9 Å². The van der Waals surface area contributed by atoms with Gasteiger partial charge in [-0.1, -0.05) is 0 Å². The molecule has 0 spiro atoms. The van der Waals surface area contributed by atoms with Crippen molar-refractivity contribution in [3.05, 3.63) is 23.8 Å². The third-order valence-electron chi connectivity index (χ3n) is 3.00. The van der Waals surface area contributed by atoms with Crippen LogP contribution in [0.1, 0.15) is 5.56 Å². The van der Waals surface area contributed by atoms with E-state index in [0.717, 1.165) is 5.56 Å². The molecule has 6 heteroatoms. The monoisotopic (exact) mass is 264 g/mol. The second-order valence-electron chi connectivity index (χ2n) is 4.16. The van der Waals surface area contributed by atoms with Gasteiger partial charge < -0.3 is 19.7 Å². The number of benzene rings is 1. The fraction of sp³-hybridized carbons (Fsp3) is 0.385. The molecular formula is C13H16N2O4. The Morgan fingerprint density at radius 2 is 2.05 bits per heavy atom. The molecule has 0 aliphatic carbocycles. The van der Waals surface area contributed by atoms with Gasteiger partial charge in [-0.05, 0) is 12.1 Å². The van der Waals surface area contributed by atoms with Gasteiger partial charge in [0.2, 0.25) is 0 Å². The average Bonchev–Trinajstić information content (AvgIpc) is 2.44. The van der Waals surface area contributed by atoms with E-state index in [2.05, 4.69) is 5.32 Å². The van der Waals surface area contributed by atoms with Crippen molar-refractivity contribution in [3.8, 4) is 11.5 Å². The van der Waals surface area contributed by atoms with Crippen LogP contribution >= 0.6 is 0 Å². The number of ether oxygens (including phenoxy) is 2. The van der Waals surface area contributed by atoms with Crippen molar-refractivity contribution in [1.82, 2.24) is 10.2 Å². The molecule has 1 aromatic rings. The fourth-order valence-corrected chi connectivity index (χ4v) is 1.96. The summed E-state index contributed by atoms with van der Waals surface area (Å²) in [7, 11) is 3.13. The molecule has 2 rings (SSSR count). The van der Waals surface area contributed by atoms with Crippen molar-refractivity contribution < 1.29 is 19.1 Å². The van der Waals surface area contributed by atoms with E-state index in [1.807, 2.05) is 6.07 Å². The SMILES string of the molecule is COc1ccc(CN2CCNC(=O)C2=O)c(OC)c1. The first-order chi connectivity index (χ1) is 9.15. The molecule has 102 valence electrons. The predicted octanol–water partition coefficient (Wildman–Crippen LogP) is 0.162. The van der Waals surface area contributed by atoms with Crippen molar-refractivity contribution in [2.45, 2.75) is 6.54 Å². The summed E-state index contributed by atoms with van der Waals surface area (Å²) >= 11 is 0. The van der Waals surface area contributed by atoms with Gasteiger partial charge >= 0.3 is 11.8 Å². The highest BCUT2D eigenvalue weighted by Crippen LogP contribution is 2.25. The van der Waals surface area contributed by atoms with Crippen LogP contribution in [-0.2, 0) is 16.1 Å². The molecule has 1 N–H and O–H groups in total. The molecule has 1 fully saturated rings. The normalized spacial score (nSPS) is 15.2. The van der Waals surface area contributed by atoms with Crippen molar-refractivity contribution in [3.63, 3.8) is 0 Å². The van der Waals surface area contributed by atoms with E-state index in [-0.39, 0.29) is 0 Å². The molecule has 1 heterocycles. The van der Waals surface area contributed by atoms with Crippen LogP contribution in [0.5, 0.6) is 11.5 Å². The van der Waals surface area contributed by atoms with Crippen LogP contribution in [0.25, 0.3) is 0 Å². The fourth-order valence-electron chi connectivity index (χ4n) is 1.96. The van der Waals surface area contributed by atoms with E-state index in [1.54, 1.807) is 26.4 Å². The van der Waals surface area contributed by atoms with Crippen LogP contribution in [0.2, 0.25) is 0 Å². The number of carbonyl (C=O) groups excluding carboxylic acids is 2. The Morgan fingerprint density at radius 3 is 2.74 bits per heavy atom. The zero-order valence-electron chi connectivity index (χ0n) is 10.9. The van der Waals surface area contributed by atoms with Crippen molar-refractivity contribution in [2.75, 3.05) is 27.3 Å². The minimum absolute atomic E-state index is 0.347. The number of rotatable bonds is 4. The lowest BCUT2D eigenvalue weighted by molar-refractivity contribution is -0.148. The van der Waals surface area contributed by atoms with E-state index in [9.17, 15) is 9.59 Å². The summed E-state index contributed by atoms with van der Waals surface area (Å²) < 4.78 is 10.4. The van der Waals surface area contributed by atoms with Gasteiger partial charge in [0, 0.05) is 31.3 Å². The Bertz CT molecular complexity index is 501. The number of hydrogen-bond donors (Lipinski definition) is 1. The molecule has 0 aromatic heterocycles. The van der Waals surface area contributed by atoms with E-state index >= 15 is 0 Å². The summed E-state index contributed by atoms with van der Waals surface area (Å²) in [5.74, 6) is 0.254. The first kappa shape index (κ1) is 13.2. The van der Waals surface area contributed by atoms with Gasteiger partial charge in [0.15, 0.2) is 0 Å². The summed E-state index contributed by atoms with van der Waals surface area (Å²) in [6.07, 6.45) is 0. The first-order valence-electron chi connectivity index (χ1n) is 5.93. The lowest BCUT2D eigenvalue weighted by Crippen LogP contribution is -2.51. The van der Waals surface area contributed by atoms with Gasteiger partial charge in [-0.15, -0.1) is 0 Å². The third-order valence-corrected chi connectivity index (χ3v) is 3.00. The number of hydrogen-bond acceptors (Lipinski definition) is 4.